The van der Waals surface area contributed by atoms with Crippen molar-refractivity contribution in [3.05, 3.63) is 78.9 Å². The lowest BCUT2D eigenvalue weighted by atomic mass is 10.1. The SMILES string of the molecule is COc1ccc(C(=O)Nc2cc(Nc3cnccn3)nc(-c3ccnc(N4CCNCC4)c3)c2)cc1. The van der Waals surface area contributed by atoms with Gasteiger partial charge in [0, 0.05) is 67.7 Å². The fourth-order valence-corrected chi connectivity index (χ4v) is 3.90. The molecule has 1 amide bonds. The van der Waals surface area contributed by atoms with E-state index in [1.54, 1.807) is 62.2 Å². The average molecular weight is 483 g/mol. The van der Waals surface area contributed by atoms with Gasteiger partial charge in [0.25, 0.3) is 5.91 Å². The normalized spacial score (nSPS) is 13.2. The molecule has 4 aromatic rings. The van der Waals surface area contributed by atoms with Gasteiger partial charge in [-0.15, -0.1) is 0 Å². The van der Waals surface area contributed by atoms with Crippen LogP contribution in [0.3, 0.4) is 0 Å². The minimum Gasteiger partial charge on any atom is -0.497 e. The highest BCUT2D eigenvalue weighted by molar-refractivity contribution is 6.04. The molecule has 4 heterocycles. The van der Waals surface area contributed by atoms with Gasteiger partial charge in [0.05, 0.1) is 19.0 Å². The van der Waals surface area contributed by atoms with E-state index in [2.05, 4.69) is 35.8 Å². The quantitative estimate of drug-likeness (QED) is 0.364. The van der Waals surface area contributed by atoms with Gasteiger partial charge >= 0.3 is 0 Å². The minimum atomic E-state index is -0.239. The molecule has 36 heavy (non-hydrogen) atoms. The second-order valence-electron chi connectivity index (χ2n) is 8.16. The Morgan fingerprint density at radius 2 is 1.81 bits per heavy atom. The first kappa shape index (κ1) is 23.2. The van der Waals surface area contributed by atoms with Crippen molar-refractivity contribution in [1.82, 2.24) is 25.3 Å². The summed E-state index contributed by atoms with van der Waals surface area (Å²) in [6.45, 7) is 3.62. The van der Waals surface area contributed by atoms with Gasteiger partial charge in [-0.25, -0.2) is 15.0 Å². The predicted octanol–water partition coefficient (Wildman–Crippen LogP) is 3.35. The van der Waals surface area contributed by atoms with Crippen LogP contribution in [0.15, 0.2) is 73.3 Å². The molecule has 3 N–H and O–H groups in total. The maximum absolute atomic E-state index is 13.0. The Balaban J connectivity index is 1.47. The lowest BCUT2D eigenvalue weighted by molar-refractivity contribution is 0.102. The number of methoxy groups -OCH3 is 1. The fraction of sp³-hybridized carbons (Fsp3) is 0.192. The highest BCUT2D eigenvalue weighted by Gasteiger charge is 2.15. The van der Waals surface area contributed by atoms with Crippen molar-refractivity contribution in [3.63, 3.8) is 0 Å². The summed E-state index contributed by atoms with van der Waals surface area (Å²) in [5.41, 5.74) is 2.68. The molecule has 0 unspecified atom stereocenters. The number of carbonyl (C=O) groups excluding carboxylic acids is 1. The summed E-state index contributed by atoms with van der Waals surface area (Å²) in [6, 6.07) is 14.5. The minimum absolute atomic E-state index is 0.239. The zero-order valence-corrected chi connectivity index (χ0v) is 19.8. The van der Waals surface area contributed by atoms with Gasteiger partial charge in [0.1, 0.15) is 23.2 Å². The fourth-order valence-electron chi connectivity index (χ4n) is 3.90. The zero-order valence-electron chi connectivity index (χ0n) is 19.8. The largest absolute Gasteiger partial charge is 0.497 e. The van der Waals surface area contributed by atoms with Crippen LogP contribution in [-0.2, 0) is 0 Å². The van der Waals surface area contributed by atoms with Gasteiger partial charge in [0.2, 0.25) is 0 Å². The molecular formula is C26H26N8O2. The van der Waals surface area contributed by atoms with E-state index in [9.17, 15) is 4.79 Å². The smallest absolute Gasteiger partial charge is 0.255 e. The van der Waals surface area contributed by atoms with Crippen molar-refractivity contribution >= 4 is 29.0 Å². The molecule has 1 aliphatic heterocycles. The number of rotatable bonds is 7. The van der Waals surface area contributed by atoms with Crippen LogP contribution in [0, 0.1) is 0 Å². The standard InChI is InChI=1S/C26H26N8O2/c1-36-21-4-2-18(3-5-21)26(35)31-20-15-22(32-23(16-20)33-24-17-28-8-9-29-24)19-6-7-30-25(14-19)34-12-10-27-11-13-34/h2-9,14-17,27H,10-13H2,1H3,(H2,29,31,32,33,35). The van der Waals surface area contributed by atoms with Gasteiger partial charge in [-0.3, -0.25) is 9.78 Å². The molecule has 0 bridgehead atoms. The van der Waals surface area contributed by atoms with Crippen LogP contribution >= 0.6 is 0 Å². The molecule has 0 aliphatic carbocycles. The number of pyridine rings is 2. The Hall–Kier alpha value is -4.57. The van der Waals surface area contributed by atoms with Gasteiger partial charge < -0.3 is 25.6 Å². The number of aromatic nitrogens is 4. The Morgan fingerprint density at radius 1 is 0.972 bits per heavy atom. The summed E-state index contributed by atoms with van der Waals surface area (Å²) in [6.07, 6.45) is 6.59. The first-order valence-electron chi connectivity index (χ1n) is 11.6. The maximum atomic E-state index is 13.0. The van der Waals surface area contributed by atoms with Gasteiger partial charge in [-0.2, -0.15) is 0 Å². The van der Waals surface area contributed by atoms with Crippen LogP contribution in [0.4, 0.5) is 23.1 Å². The van der Waals surface area contributed by atoms with E-state index in [0.717, 1.165) is 37.6 Å². The molecule has 5 rings (SSSR count). The molecule has 1 fully saturated rings. The molecule has 10 heteroatoms. The lowest BCUT2D eigenvalue weighted by Crippen LogP contribution is -2.43. The number of hydrogen-bond donors (Lipinski definition) is 3. The first-order valence-corrected chi connectivity index (χ1v) is 11.6. The van der Waals surface area contributed by atoms with E-state index >= 15 is 0 Å². The summed E-state index contributed by atoms with van der Waals surface area (Å²) in [7, 11) is 1.59. The highest BCUT2D eigenvalue weighted by Crippen LogP contribution is 2.28. The third-order valence-electron chi connectivity index (χ3n) is 5.74. The molecular weight excluding hydrogens is 456 g/mol. The van der Waals surface area contributed by atoms with Crippen LogP contribution in [0.5, 0.6) is 5.75 Å². The number of carbonyl (C=O) groups is 1. The van der Waals surface area contributed by atoms with Gasteiger partial charge in [-0.1, -0.05) is 0 Å². The third-order valence-corrected chi connectivity index (χ3v) is 5.74. The number of hydrogen-bond acceptors (Lipinski definition) is 9. The van der Waals surface area contributed by atoms with E-state index in [0.29, 0.717) is 34.3 Å². The van der Waals surface area contributed by atoms with E-state index in [4.69, 9.17) is 9.72 Å². The molecule has 0 saturated carbocycles. The first-order chi connectivity index (χ1) is 17.7. The highest BCUT2D eigenvalue weighted by atomic mass is 16.5. The molecule has 10 nitrogen and oxygen atoms in total. The van der Waals surface area contributed by atoms with Gasteiger partial charge in [-0.05, 0) is 42.5 Å². The summed E-state index contributed by atoms with van der Waals surface area (Å²) < 4.78 is 5.19. The molecule has 3 aromatic heterocycles. The number of amides is 1. The molecule has 1 aliphatic rings. The zero-order chi connectivity index (χ0) is 24.7. The molecule has 0 atom stereocenters. The lowest BCUT2D eigenvalue weighted by Gasteiger charge is -2.28. The number of anilines is 4. The third kappa shape index (κ3) is 5.56. The van der Waals surface area contributed by atoms with Gasteiger partial charge in [0.15, 0.2) is 0 Å². The predicted molar refractivity (Wildman–Crippen MR) is 139 cm³/mol. The number of benzene rings is 1. The number of ether oxygens (including phenoxy) is 1. The maximum Gasteiger partial charge on any atom is 0.255 e. The Morgan fingerprint density at radius 3 is 2.56 bits per heavy atom. The van der Waals surface area contributed by atoms with E-state index in [1.807, 2.05) is 18.2 Å². The van der Waals surface area contributed by atoms with Crippen molar-refractivity contribution < 1.29 is 9.53 Å². The summed E-state index contributed by atoms with van der Waals surface area (Å²) in [5.74, 6) is 2.42. The van der Waals surface area contributed by atoms with Crippen molar-refractivity contribution in [1.29, 1.82) is 0 Å². The molecule has 1 aromatic carbocycles. The molecule has 1 saturated heterocycles. The summed E-state index contributed by atoms with van der Waals surface area (Å²) >= 11 is 0. The monoisotopic (exact) mass is 482 g/mol. The van der Waals surface area contributed by atoms with Crippen LogP contribution in [-0.4, -0.2) is 59.1 Å². The van der Waals surface area contributed by atoms with Crippen molar-refractivity contribution in [3.8, 4) is 17.0 Å². The van der Waals surface area contributed by atoms with Crippen molar-refractivity contribution in [2.24, 2.45) is 0 Å². The van der Waals surface area contributed by atoms with E-state index < -0.39 is 0 Å². The van der Waals surface area contributed by atoms with Crippen molar-refractivity contribution in [2.75, 3.05) is 48.8 Å². The van der Waals surface area contributed by atoms with Crippen LogP contribution in [0.1, 0.15) is 10.4 Å². The summed E-state index contributed by atoms with van der Waals surface area (Å²) in [5, 5.41) is 9.51. The van der Waals surface area contributed by atoms with Crippen molar-refractivity contribution in [2.45, 2.75) is 0 Å². The Labute approximate surface area is 208 Å². The second-order valence-corrected chi connectivity index (χ2v) is 8.16. The topological polar surface area (TPSA) is 117 Å². The van der Waals surface area contributed by atoms with Crippen LogP contribution in [0.25, 0.3) is 11.3 Å². The Bertz CT molecular complexity index is 1330. The summed E-state index contributed by atoms with van der Waals surface area (Å²) in [4.78, 5) is 32.9. The van der Waals surface area contributed by atoms with E-state index in [-0.39, 0.29) is 5.91 Å². The number of nitrogens with zero attached hydrogens (tertiary/aromatic N) is 5. The Kier molecular flexibility index (Phi) is 6.95. The van der Waals surface area contributed by atoms with Crippen LogP contribution in [0.2, 0.25) is 0 Å². The molecule has 0 radical (unpaired) electrons. The second kappa shape index (κ2) is 10.8. The van der Waals surface area contributed by atoms with Crippen LogP contribution < -0.4 is 25.6 Å². The molecule has 182 valence electrons. The molecule has 0 spiro atoms. The number of nitrogens with one attached hydrogen (secondary N) is 3. The number of piperazine rings is 1. The van der Waals surface area contributed by atoms with E-state index in [1.165, 1.54) is 0 Å². The average Bonchev–Trinajstić information content (AvgIpc) is 2.94.